The maximum Gasteiger partial charge on any atom is 0.316 e. The largest absolute Gasteiger partial charge is 0.486 e. The highest BCUT2D eigenvalue weighted by molar-refractivity contribution is 7.90. The number of aromatic nitrogens is 2. The lowest BCUT2D eigenvalue weighted by atomic mass is 9.59. The maximum atomic E-state index is 14.1. The molecule has 0 unspecified atom stereocenters. The summed E-state index contributed by atoms with van der Waals surface area (Å²) in [5.41, 5.74) is 3.14. The number of hydrogen-bond donors (Lipinski definition) is 3. The van der Waals surface area contributed by atoms with Crippen molar-refractivity contribution >= 4 is 38.3 Å². The van der Waals surface area contributed by atoms with Crippen LogP contribution in [0.3, 0.4) is 0 Å². The molecule has 2 aliphatic carbocycles. The second kappa shape index (κ2) is 18.3. The van der Waals surface area contributed by atoms with E-state index in [0.717, 1.165) is 88.0 Å². The third-order valence-electron chi connectivity index (χ3n) is 15.2. The molecular weight excluding hydrogens is 889 g/mol. The summed E-state index contributed by atoms with van der Waals surface area (Å²) in [6, 6.07) is 20.3. The average Bonchev–Trinajstić information content (AvgIpc) is 3.79. The van der Waals surface area contributed by atoms with E-state index in [1.165, 1.54) is 17.3 Å². The Kier molecular flexibility index (Phi) is 12.4. The number of H-pyrrole nitrogens is 1. The standard InChI is InChI=1S/C51H60N6O10S/c1-32(2)40-6-4-5-7-41(40)44-31-64-21-20-56(44)36-27-51(28-36)15-18-55(19-16-51)35-8-9-42(45(24-35)66-37-23-34-12-17-52-48(34)53-29-37)49(58)54-68(62,63)39-25-43(57(60)61)47-46(26-39)65-30-38(67-47)22-33-10-13-50(3,59)14-11-33/h4-9,12,17,23-26,29,32-33,36,38,44,59H,10-11,13-16,18-22,27-28,30-31H2,1-3H3,(H,52,53)(H,54,58)/t33?,38-,44+,50?/m1/s1. The van der Waals surface area contributed by atoms with Gasteiger partial charge in [-0.3, -0.25) is 19.8 Å². The summed E-state index contributed by atoms with van der Waals surface area (Å²) >= 11 is 0. The molecule has 0 bridgehead atoms. The first kappa shape index (κ1) is 46.0. The second-order valence-electron chi connectivity index (χ2n) is 20.2. The molecule has 360 valence electrons. The van der Waals surface area contributed by atoms with Gasteiger partial charge in [0.25, 0.3) is 15.9 Å². The number of anilines is 1. The minimum atomic E-state index is -4.69. The molecule has 16 nitrogen and oxygen atoms in total. The van der Waals surface area contributed by atoms with E-state index in [1.54, 1.807) is 30.5 Å². The number of aliphatic hydroxyl groups is 1. The Labute approximate surface area is 396 Å². The van der Waals surface area contributed by atoms with Gasteiger partial charge in [0.2, 0.25) is 5.75 Å². The number of carbonyl (C=O) groups is 1. The lowest BCUT2D eigenvalue weighted by Crippen LogP contribution is -2.58. The summed E-state index contributed by atoms with van der Waals surface area (Å²) in [6.07, 6.45) is 10.6. The van der Waals surface area contributed by atoms with Gasteiger partial charge in [-0.25, -0.2) is 18.1 Å². The smallest absolute Gasteiger partial charge is 0.316 e. The Balaban J connectivity index is 0.847. The lowest BCUT2D eigenvalue weighted by molar-refractivity contribution is -0.386. The Morgan fingerprint density at radius 1 is 1.03 bits per heavy atom. The number of rotatable bonds is 12. The number of piperidine rings is 1. The molecule has 5 aromatic rings. The third kappa shape index (κ3) is 9.37. The molecule has 3 N–H and O–H groups in total. The fourth-order valence-corrected chi connectivity index (χ4v) is 12.3. The summed E-state index contributed by atoms with van der Waals surface area (Å²) in [5.74, 6) is -0.103. The van der Waals surface area contributed by atoms with Crippen molar-refractivity contribution in [2.24, 2.45) is 11.3 Å². The quantitative estimate of drug-likeness (QED) is 0.0793. The minimum absolute atomic E-state index is 0.0555. The van der Waals surface area contributed by atoms with Gasteiger partial charge in [0.05, 0.1) is 46.4 Å². The van der Waals surface area contributed by atoms with Gasteiger partial charge in [0.1, 0.15) is 29.9 Å². The van der Waals surface area contributed by atoms with Crippen LogP contribution in [0.1, 0.15) is 112 Å². The van der Waals surface area contributed by atoms with Crippen molar-refractivity contribution < 1.29 is 42.2 Å². The van der Waals surface area contributed by atoms with Crippen LogP contribution in [-0.4, -0.2) is 96.4 Å². The molecule has 17 heteroatoms. The number of sulfonamides is 1. The molecule has 0 radical (unpaired) electrons. The summed E-state index contributed by atoms with van der Waals surface area (Å²) < 4.78 is 54.5. The average molecular weight is 949 g/mol. The number of amides is 1. The molecule has 1 amide bonds. The number of nitrogens with zero attached hydrogens (tertiary/aromatic N) is 4. The molecule has 2 atom stereocenters. The van der Waals surface area contributed by atoms with Gasteiger partial charge >= 0.3 is 5.69 Å². The SMILES string of the molecule is CC(C)c1ccccc1[C@@H]1COCCN1C1CC2(CCN(c3ccc(C(=O)NS(=O)(=O)c4cc5c(c([N+](=O)[O-])c4)O[C@H](CC4CCC(C)(O)CC4)CO5)c(Oc4cnc5[nH]ccc5c4)c3)CC2)C1. The number of carbonyl (C=O) groups excluding carboxylic acids is 1. The molecular formula is C51H60N6O10S. The number of ether oxygens (including phenoxy) is 4. The van der Waals surface area contributed by atoms with Gasteiger partial charge in [-0.1, -0.05) is 38.1 Å². The summed E-state index contributed by atoms with van der Waals surface area (Å²) in [4.78, 5) is 37.7. The molecule has 5 heterocycles. The second-order valence-corrected chi connectivity index (χ2v) is 21.9. The van der Waals surface area contributed by atoms with Gasteiger partial charge in [-0.15, -0.1) is 0 Å². The van der Waals surface area contributed by atoms with Crippen LogP contribution in [0.25, 0.3) is 11.0 Å². The van der Waals surface area contributed by atoms with Crippen LogP contribution in [0, 0.1) is 21.4 Å². The number of hydrogen-bond acceptors (Lipinski definition) is 13. The van der Waals surface area contributed by atoms with Crippen LogP contribution >= 0.6 is 0 Å². The van der Waals surface area contributed by atoms with E-state index in [0.29, 0.717) is 49.2 Å². The van der Waals surface area contributed by atoms with Crippen LogP contribution in [0.15, 0.2) is 84.0 Å². The Morgan fingerprint density at radius 2 is 1.81 bits per heavy atom. The number of aromatic amines is 1. The number of benzene rings is 3. The summed E-state index contributed by atoms with van der Waals surface area (Å²) in [7, 11) is -4.69. The first-order chi connectivity index (χ1) is 32.6. The van der Waals surface area contributed by atoms with Crippen molar-refractivity contribution in [1.82, 2.24) is 19.6 Å². The van der Waals surface area contributed by atoms with E-state index >= 15 is 0 Å². The number of nitro benzene ring substituents is 1. The fraction of sp³-hybridized carbons (Fsp3) is 0.490. The maximum absolute atomic E-state index is 14.1. The number of pyridine rings is 1. The van der Waals surface area contributed by atoms with Gasteiger partial charge in [0, 0.05) is 61.1 Å². The highest BCUT2D eigenvalue weighted by Crippen LogP contribution is 2.53. The highest BCUT2D eigenvalue weighted by Gasteiger charge is 2.50. The van der Waals surface area contributed by atoms with Gasteiger partial charge in [0.15, 0.2) is 5.75 Å². The zero-order chi connectivity index (χ0) is 47.4. The van der Waals surface area contributed by atoms with E-state index in [-0.39, 0.29) is 46.8 Å². The van der Waals surface area contributed by atoms with Crippen molar-refractivity contribution in [2.45, 2.75) is 113 Å². The monoisotopic (exact) mass is 948 g/mol. The number of morpholine rings is 1. The molecule has 2 saturated carbocycles. The Hall–Kier alpha value is -5.75. The summed E-state index contributed by atoms with van der Waals surface area (Å²) in [5, 5.41) is 23.5. The van der Waals surface area contributed by atoms with Crippen molar-refractivity contribution in [3.05, 3.63) is 106 Å². The normalized spacial score (nSPS) is 24.2. The Morgan fingerprint density at radius 3 is 2.57 bits per heavy atom. The molecule has 2 saturated heterocycles. The fourth-order valence-electron chi connectivity index (χ4n) is 11.3. The van der Waals surface area contributed by atoms with Crippen molar-refractivity contribution in [1.29, 1.82) is 0 Å². The van der Waals surface area contributed by atoms with Gasteiger partial charge in [-0.05, 0) is 117 Å². The molecule has 10 rings (SSSR count). The van der Waals surface area contributed by atoms with E-state index in [9.17, 15) is 28.4 Å². The van der Waals surface area contributed by atoms with Gasteiger partial charge < -0.3 is 33.9 Å². The van der Waals surface area contributed by atoms with E-state index in [1.807, 2.05) is 13.0 Å². The van der Waals surface area contributed by atoms with Crippen LogP contribution in [0.4, 0.5) is 11.4 Å². The number of nitrogens with one attached hydrogen (secondary N) is 2. The van der Waals surface area contributed by atoms with Crippen LogP contribution in [-0.2, 0) is 14.8 Å². The highest BCUT2D eigenvalue weighted by atomic mass is 32.2. The van der Waals surface area contributed by atoms with Crippen LogP contribution in [0.5, 0.6) is 23.0 Å². The Bertz CT molecular complexity index is 2800. The van der Waals surface area contributed by atoms with E-state index < -0.39 is 43.1 Å². The van der Waals surface area contributed by atoms with E-state index in [2.05, 4.69) is 62.6 Å². The van der Waals surface area contributed by atoms with Crippen molar-refractivity contribution in [3.8, 4) is 23.0 Å². The molecule has 1 spiro atoms. The first-order valence-corrected chi connectivity index (χ1v) is 25.4. The van der Waals surface area contributed by atoms with Crippen molar-refractivity contribution in [3.63, 3.8) is 0 Å². The molecule has 2 aromatic heterocycles. The number of fused-ring (bicyclic) bond motifs is 2. The zero-order valence-electron chi connectivity index (χ0n) is 38.8. The minimum Gasteiger partial charge on any atom is -0.486 e. The first-order valence-electron chi connectivity index (χ1n) is 24.0. The molecule has 3 aromatic carbocycles. The van der Waals surface area contributed by atoms with Crippen LogP contribution < -0.4 is 23.8 Å². The zero-order valence-corrected chi connectivity index (χ0v) is 39.6. The summed E-state index contributed by atoms with van der Waals surface area (Å²) in [6.45, 7) is 10.4. The van der Waals surface area contributed by atoms with Crippen molar-refractivity contribution in [2.75, 3.05) is 44.4 Å². The predicted molar refractivity (Wildman–Crippen MR) is 255 cm³/mol. The molecule has 5 aliphatic rings. The van der Waals surface area contributed by atoms with Crippen LogP contribution in [0.2, 0.25) is 0 Å². The predicted octanol–water partition coefficient (Wildman–Crippen LogP) is 8.80. The van der Waals surface area contributed by atoms with Gasteiger partial charge in [-0.2, -0.15) is 0 Å². The molecule has 68 heavy (non-hydrogen) atoms. The molecule has 3 aliphatic heterocycles. The third-order valence-corrected chi connectivity index (χ3v) is 16.5. The number of nitro groups is 1. The van der Waals surface area contributed by atoms with E-state index in [4.69, 9.17) is 18.9 Å². The molecule has 4 fully saturated rings. The topological polar surface area (TPSA) is 199 Å². The lowest BCUT2D eigenvalue weighted by Gasteiger charge is -2.57.